The van der Waals surface area contributed by atoms with Gasteiger partial charge in [-0.3, -0.25) is 4.79 Å². The highest BCUT2D eigenvalue weighted by molar-refractivity contribution is 5.91. The van der Waals surface area contributed by atoms with Gasteiger partial charge in [0.1, 0.15) is 5.76 Å². The molecular formula is C15H24N2O2. The van der Waals surface area contributed by atoms with E-state index >= 15 is 0 Å². The number of hydrogen-bond donors (Lipinski definition) is 1. The Morgan fingerprint density at radius 3 is 2.84 bits per heavy atom. The van der Waals surface area contributed by atoms with Crippen molar-refractivity contribution < 1.29 is 9.21 Å². The van der Waals surface area contributed by atoms with Crippen molar-refractivity contribution in [2.75, 3.05) is 13.1 Å². The number of furan rings is 1. The Balaban J connectivity index is 1.99. The first-order chi connectivity index (χ1) is 9.11. The highest BCUT2D eigenvalue weighted by Gasteiger charge is 2.24. The third-order valence-corrected chi connectivity index (χ3v) is 4.08. The zero-order valence-electron chi connectivity index (χ0n) is 11.9. The Kier molecular flexibility index (Phi) is 4.64. The Bertz CT molecular complexity index is 426. The molecule has 1 aliphatic heterocycles. The zero-order valence-corrected chi connectivity index (χ0v) is 11.9. The Morgan fingerprint density at radius 1 is 1.42 bits per heavy atom. The summed E-state index contributed by atoms with van der Waals surface area (Å²) in [5.41, 5.74) is 5.50. The molecule has 106 valence electrons. The van der Waals surface area contributed by atoms with Gasteiger partial charge in [0.05, 0.1) is 6.54 Å². The van der Waals surface area contributed by atoms with E-state index in [4.69, 9.17) is 10.2 Å². The van der Waals surface area contributed by atoms with Crippen molar-refractivity contribution >= 4 is 5.91 Å². The quantitative estimate of drug-likeness (QED) is 0.913. The Labute approximate surface area is 114 Å². The van der Waals surface area contributed by atoms with E-state index < -0.39 is 0 Å². The lowest BCUT2D eigenvalue weighted by Gasteiger charge is -2.20. The van der Waals surface area contributed by atoms with Crippen LogP contribution in [0.15, 0.2) is 16.5 Å². The lowest BCUT2D eigenvalue weighted by atomic mass is 9.89. The number of likely N-dealkylation sites (tertiary alicyclic amines) is 1. The summed E-state index contributed by atoms with van der Waals surface area (Å²) in [6.45, 7) is 6.54. The van der Waals surface area contributed by atoms with Gasteiger partial charge in [-0.25, -0.2) is 0 Å². The zero-order chi connectivity index (χ0) is 13.8. The fourth-order valence-corrected chi connectivity index (χ4v) is 2.75. The maximum absolute atomic E-state index is 12.3. The molecule has 1 amide bonds. The number of rotatable bonds is 3. The molecule has 2 N–H and O–H groups in total. The lowest BCUT2D eigenvalue weighted by molar-refractivity contribution is 0.0725. The Hall–Kier alpha value is -1.29. The first-order valence-electron chi connectivity index (χ1n) is 7.20. The van der Waals surface area contributed by atoms with Crippen LogP contribution < -0.4 is 5.73 Å². The summed E-state index contributed by atoms with van der Waals surface area (Å²) in [7, 11) is 0. The topological polar surface area (TPSA) is 59.5 Å². The van der Waals surface area contributed by atoms with Crippen LogP contribution >= 0.6 is 0 Å². The van der Waals surface area contributed by atoms with Crippen LogP contribution in [0.5, 0.6) is 0 Å². The first-order valence-corrected chi connectivity index (χ1v) is 7.20. The minimum absolute atomic E-state index is 0.00380. The van der Waals surface area contributed by atoms with Crippen molar-refractivity contribution in [1.82, 2.24) is 4.90 Å². The van der Waals surface area contributed by atoms with Gasteiger partial charge in [-0.1, -0.05) is 13.8 Å². The molecule has 0 saturated carbocycles. The van der Waals surface area contributed by atoms with Crippen molar-refractivity contribution in [2.45, 2.75) is 39.7 Å². The second-order valence-corrected chi connectivity index (χ2v) is 5.70. The van der Waals surface area contributed by atoms with Crippen molar-refractivity contribution in [3.05, 3.63) is 23.7 Å². The van der Waals surface area contributed by atoms with Crippen molar-refractivity contribution in [3.8, 4) is 0 Å². The third kappa shape index (κ3) is 3.38. The standard InChI is InChI=1S/C15H24N2O2/c1-11(2)12-4-3-8-17(9-7-12)15(18)14-6-5-13(10-16)19-14/h5-6,11-12H,3-4,7-10,16H2,1-2H3. The molecule has 1 aromatic rings. The number of hydrogen-bond acceptors (Lipinski definition) is 3. The van der Waals surface area contributed by atoms with Crippen LogP contribution in [-0.2, 0) is 6.54 Å². The number of carbonyl (C=O) groups is 1. The summed E-state index contributed by atoms with van der Waals surface area (Å²) in [4.78, 5) is 14.3. The average molecular weight is 264 g/mol. The third-order valence-electron chi connectivity index (χ3n) is 4.08. The molecule has 1 aliphatic rings. The van der Waals surface area contributed by atoms with Crippen LogP contribution in [0.4, 0.5) is 0 Å². The molecule has 1 aromatic heterocycles. The summed E-state index contributed by atoms with van der Waals surface area (Å²) < 4.78 is 5.45. The number of nitrogens with zero attached hydrogens (tertiary/aromatic N) is 1. The molecule has 4 nitrogen and oxygen atoms in total. The van der Waals surface area contributed by atoms with Crippen molar-refractivity contribution in [3.63, 3.8) is 0 Å². The molecule has 0 radical (unpaired) electrons. The van der Waals surface area contributed by atoms with Gasteiger partial charge in [-0.05, 0) is 43.2 Å². The predicted molar refractivity (Wildman–Crippen MR) is 74.7 cm³/mol. The van der Waals surface area contributed by atoms with Crippen molar-refractivity contribution in [2.24, 2.45) is 17.6 Å². The number of nitrogens with two attached hydrogens (primary N) is 1. The van der Waals surface area contributed by atoms with E-state index in [1.807, 2.05) is 4.90 Å². The minimum Gasteiger partial charge on any atom is -0.455 e. The summed E-state index contributed by atoms with van der Waals surface area (Å²) in [5.74, 6) is 2.52. The van der Waals surface area contributed by atoms with Crippen LogP contribution in [0.3, 0.4) is 0 Å². The predicted octanol–water partition coefficient (Wildman–Crippen LogP) is 2.64. The lowest BCUT2D eigenvalue weighted by Crippen LogP contribution is -2.31. The molecule has 1 saturated heterocycles. The minimum atomic E-state index is 0.00380. The van der Waals surface area contributed by atoms with E-state index in [9.17, 15) is 4.79 Å². The normalized spacial score (nSPS) is 20.6. The molecule has 0 aromatic carbocycles. The fraction of sp³-hybridized carbons (Fsp3) is 0.667. The number of carbonyl (C=O) groups excluding carboxylic acids is 1. The van der Waals surface area contributed by atoms with Gasteiger partial charge < -0.3 is 15.1 Å². The van der Waals surface area contributed by atoms with Crippen LogP contribution in [0.2, 0.25) is 0 Å². The van der Waals surface area contributed by atoms with Gasteiger partial charge in [-0.2, -0.15) is 0 Å². The molecule has 0 bridgehead atoms. The van der Waals surface area contributed by atoms with Gasteiger partial charge >= 0.3 is 0 Å². The molecule has 0 spiro atoms. The number of amides is 1. The smallest absolute Gasteiger partial charge is 0.289 e. The highest BCUT2D eigenvalue weighted by atomic mass is 16.4. The molecule has 19 heavy (non-hydrogen) atoms. The molecule has 1 fully saturated rings. The monoisotopic (exact) mass is 264 g/mol. The average Bonchev–Trinajstić information content (AvgIpc) is 2.74. The molecular weight excluding hydrogens is 240 g/mol. The molecule has 2 heterocycles. The van der Waals surface area contributed by atoms with E-state index in [0.717, 1.165) is 31.8 Å². The summed E-state index contributed by atoms with van der Waals surface area (Å²) in [5, 5.41) is 0. The van der Waals surface area contributed by atoms with Gasteiger partial charge in [0, 0.05) is 13.1 Å². The molecule has 0 aliphatic carbocycles. The second-order valence-electron chi connectivity index (χ2n) is 5.70. The van der Waals surface area contributed by atoms with Crippen LogP contribution in [-0.4, -0.2) is 23.9 Å². The van der Waals surface area contributed by atoms with Crippen LogP contribution in [0.25, 0.3) is 0 Å². The van der Waals surface area contributed by atoms with Crippen LogP contribution in [0.1, 0.15) is 49.4 Å². The van der Waals surface area contributed by atoms with Crippen LogP contribution in [0, 0.1) is 11.8 Å². The summed E-state index contributed by atoms with van der Waals surface area (Å²) in [6.07, 6.45) is 3.39. The van der Waals surface area contributed by atoms with E-state index in [2.05, 4.69) is 13.8 Å². The molecule has 2 rings (SSSR count). The molecule has 1 atom stereocenters. The Morgan fingerprint density at radius 2 is 2.21 bits per heavy atom. The molecule has 1 unspecified atom stereocenters. The largest absolute Gasteiger partial charge is 0.455 e. The van der Waals surface area contributed by atoms with E-state index in [-0.39, 0.29) is 5.91 Å². The van der Waals surface area contributed by atoms with Gasteiger partial charge in [-0.15, -0.1) is 0 Å². The van der Waals surface area contributed by atoms with E-state index in [1.54, 1.807) is 12.1 Å². The highest BCUT2D eigenvalue weighted by Crippen LogP contribution is 2.25. The summed E-state index contributed by atoms with van der Waals surface area (Å²) in [6, 6.07) is 3.51. The van der Waals surface area contributed by atoms with E-state index in [1.165, 1.54) is 6.42 Å². The maximum Gasteiger partial charge on any atom is 0.289 e. The van der Waals surface area contributed by atoms with Crippen molar-refractivity contribution in [1.29, 1.82) is 0 Å². The van der Waals surface area contributed by atoms with Gasteiger partial charge in [0.15, 0.2) is 5.76 Å². The summed E-state index contributed by atoms with van der Waals surface area (Å²) >= 11 is 0. The second kappa shape index (κ2) is 6.24. The van der Waals surface area contributed by atoms with E-state index in [0.29, 0.717) is 24.0 Å². The SMILES string of the molecule is CC(C)C1CCCN(C(=O)c2ccc(CN)o2)CC1. The fourth-order valence-electron chi connectivity index (χ4n) is 2.75. The van der Waals surface area contributed by atoms with Gasteiger partial charge in [0.2, 0.25) is 0 Å². The maximum atomic E-state index is 12.3. The first kappa shape index (κ1) is 14.1. The molecule has 4 heteroatoms. The van der Waals surface area contributed by atoms with Gasteiger partial charge in [0.25, 0.3) is 5.91 Å².